The standard InChI is InChI=1S/C24H43NO6/c1-2-3-4-5-6-7-8-9-10-11-12-13-14-15-16-17-18-25-23(29)21(28)22-19(26)20(27)24(30)31-22/h17-22,26-28H,2-16H2,1H3,(H,25,29)/t19-,20+,21-,22+/m1/s1. The van der Waals surface area contributed by atoms with Crippen LogP contribution in [0.3, 0.4) is 0 Å². The van der Waals surface area contributed by atoms with E-state index in [0.29, 0.717) is 0 Å². The SMILES string of the molecule is CCCCCCCCCCCCCCCCC=CNC(=O)[C@H](O)[C@H]1OC(=O)[C@@H](O)[C@H]1O. The van der Waals surface area contributed by atoms with Crippen molar-refractivity contribution in [3.05, 3.63) is 12.3 Å². The summed E-state index contributed by atoms with van der Waals surface area (Å²) in [6.45, 7) is 2.25. The molecule has 0 aromatic rings. The third-order valence-electron chi connectivity index (χ3n) is 5.80. The summed E-state index contributed by atoms with van der Waals surface area (Å²) in [6.07, 6.45) is 15.9. The minimum Gasteiger partial charge on any atom is -0.454 e. The van der Waals surface area contributed by atoms with Crippen molar-refractivity contribution < 1.29 is 29.6 Å². The van der Waals surface area contributed by atoms with Crippen LogP contribution >= 0.6 is 0 Å². The summed E-state index contributed by atoms with van der Waals surface area (Å²) >= 11 is 0. The molecule has 7 heteroatoms. The number of ether oxygens (including phenoxy) is 1. The second-order valence-electron chi connectivity index (χ2n) is 8.58. The van der Waals surface area contributed by atoms with E-state index >= 15 is 0 Å². The number of esters is 1. The van der Waals surface area contributed by atoms with Gasteiger partial charge >= 0.3 is 5.97 Å². The van der Waals surface area contributed by atoms with Gasteiger partial charge in [-0.2, -0.15) is 0 Å². The molecular weight excluding hydrogens is 398 g/mol. The Balaban J connectivity index is 1.92. The molecule has 0 bridgehead atoms. The minimum absolute atomic E-state index is 0.789. The van der Waals surface area contributed by atoms with Crippen molar-refractivity contribution in [1.29, 1.82) is 0 Å². The highest BCUT2D eigenvalue weighted by atomic mass is 16.6. The lowest BCUT2D eigenvalue weighted by Crippen LogP contribution is -2.46. The van der Waals surface area contributed by atoms with Gasteiger partial charge in [0.25, 0.3) is 5.91 Å². The van der Waals surface area contributed by atoms with Gasteiger partial charge in [0.1, 0.15) is 6.10 Å². The van der Waals surface area contributed by atoms with Crippen molar-refractivity contribution in [2.75, 3.05) is 0 Å². The number of carbonyl (C=O) groups excluding carboxylic acids is 2. The summed E-state index contributed by atoms with van der Waals surface area (Å²) in [5.74, 6) is -1.83. The lowest BCUT2D eigenvalue weighted by molar-refractivity contribution is -0.153. The molecule has 0 spiro atoms. The third-order valence-corrected chi connectivity index (χ3v) is 5.80. The topological polar surface area (TPSA) is 116 Å². The first kappa shape index (κ1) is 27.6. The van der Waals surface area contributed by atoms with Crippen molar-refractivity contribution in [2.45, 2.75) is 128 Å². The quantitative estimate of drug-likeness (QED) is 0.191. The molecule has 1 amide bonds. The second kappa shape index (κ2) is 17.2. The molecule has 1 rings (SSSR count). The highest BCUT2D eigenvalue weighted by Gasteiger charge is 2.48. The summed E-state index contributed by atoms with van der Waals surface area (Å²) in [6, 6.07) is 0. The summed E-state index contributed by atoms with van der Waals surface area (Å²) < 4.78 is 4.63. The van der Waals surface area contributed by atoms with E-state index in [2.05, 4.69) is 17.0 Å². The van der Waals surface area contributed by atoms with Crippen LogP contribution in [0.5, 0.6) is 0 Å². The fourth-order valence-corrected chi connectivity index (χ4v) is 3.76. The Hall–Kier alpha value is -1.44. The van der Waals surface area contributed by atoms with E-state index in [9.17, 15) is 24.9 Å². The number of aliphatic hydroxyl groups excluding tert-OH is 3. The Kier molecular flexibility index (Phi) is 15.3. The molecule has 4 atom stereocenters. The van der Waals surface area contributed by atoms with E-state index in [0.717, 1.165) is 19.3 Å². The summed E-state index contributed by atoms with van der Waals surface area (Å²) in [7, 11) is 0. The predicted octanol–water partition coefficient (Wildman–Crippen LogP) is 3.50. The lowest BCUT2D eigenvalue weighted by atomic mass is 10.0. The number of hydrogen-bond donors (Lipinski definition) is 4. The molecule has 0 aliphatic carbocycles. The summed E-state index contributed by atoms with van der Waals surface area (Å²) in [5, 5.41) is 31.2. The van der Waals surface area contributed by atoms with Crippen LogP contribution < -0.4 is 5.32 Å². The van der Waals surface area contributed by atoms with E-state index in [1.54, 1.807) is 0 Å². The van der Waals surface area contributed by atoms with E-state index in [1.165, 1.54) is 83.2 Å². The van der Waals surface area contributed by atoms with Gasteiger partial charge in [0.2, 0.25) is 0 Å². The van der Waals surface area contributed by atoms with Crippen molar-refractivity contribution in [3.8, 4) is 0 Å². The highest BCUT2D eigenvalue weighted by Crippen LogP contribution is 2.19. The Morgan fingerprint density at radius 1 is 0.935 bits per heavy atom. The number of carbonyl (C=O) groups is 2. The molecule has 1 fully saturated rings. The van der Waals surface area contributed by atoms with Crippen LogP contribution in [0.25, 0.3) is 0 Å². The monoisotopic (exact) mass is 441 g/mol. The number of unbranched alkanes of at least 4 members (excludes halogenated alkanes) is 14. The zero-order valence-electron chi connectivity index (χ0n) is 19.1. The molecule has 1 aliphatic heterocycles. The number of cyclic esters (lactones) is 1. The number of rotatable bonds is 18. The molecule has 180 valence electrons. The van der Waals surface area contributed by atoms with Gasteiger partial charge in [-0.3, -0.25) is 4.79 Å². The first-order chi connectivity index (χ1) is 15.0. The van der Waals surface area contributed by atoms with Gasteiger partial charge in [0, 0.05) is 0 Å². The molecule has 1 heterocycles. The van der Waals surface area contributed by atoms with E-state index in [-0.39, 0.29) is 0 Å². The van der Waals surface area contributed by atoms with Gasteiger partial charge < -0.3 is 25.4 Å². The average Bonchev–Trinajstić information content (AvgIpc) is 3.02. The van der Waals surface area contributed by atoms with Crippen LogP contribution in [-0.4, -0.2) is 51.6 Å². The molecule has 0 aromatic heterocycles. The average molecular weight is 442 g/mol. The fourth-order valence-electron chi connectivity index (χ4n) is 3.76. The Morgan fingerprint density at radius 2 is 1.42 bits per heavy atom. The zero-order chi connectivity index (χ0) is 22.9. The van der Waals surface area contributed by atoms with Crippen LogP contribution in [0.15, 0.2) is 12.3 Å². The van der Waals surface area contributed by atoms with E-state index < -0.39 is 36.3 Å². The van der Waals surface area contributed by atoms with Crippen LogP contribution in [-0.2, 0) is 14.3 Å². The van der Waals surface area contributed by atoms with Crippen LogP contribution in [0, 0.1) is 0 Å². The van der Waals surface area contributed by atoms with E-state index in [4.69, 9.17) is 0 Å². The van der Waals surface area contributed by atoms with Gasteiger partial charge in [-0.1, -0.05) is 96.5 Å². The van der Waals surface area contributed by atoms with Crippen molar-refractivity contribution in [3.63, 3.8) is 0 Å². The zero-order valence-corrected chi connectivity index (χ0v) is 19.1. The number of aliphatic hydroxyl groups is 3. The van der Waals surface area contributed by atoms with Crippen molar-refractivity contribution in [1.82, 2.24) is 5.32 Å². The number of amides is 1. The van der Waals surface area contributed by atoms with Gasteiger partial charge in [0.05, 0.1) is 0 Å². The Labute approximate surface area is 187 Å². The Morgan fingerprint density at radius 3 is 1.87 bits per heavy atom. The van der Waals surface area contributed by atoms with Crippen molar-refractivity contribution >= 4 is 11.9 Å². The lowest BCUT2D eigenvalue weighted by Gasteiger charge is -2.18. The summed E-state index contributed by atoms with van der Waals surface area (Å²) in [5.41, 5.74) is 0. The van der Waals surface area contributed by atoms with Crippen molar-refractivity contribution in [2.24, 2.45) is 0 Å². The van der Waals surface area contributed by atoms with Crippen LogP contribution in [0.2, 0.25) is 0 Å². The van der Waals surface area contributed by atoms with Crippen LogP contribution in [0.4, 0.5) is 0 Å². The number of allylic oxidation sites excluding steroid dienone is 1. The maximum atomic E-state index is 11.9. The molecule has 0 unspecified atom stereocenters. The Bertz CT molecular complexity index is 524. The molecule has 0 aromatic carbocycles. The van der Waals surface area contributed by atoms with Gasteiger partial charge in [0.15, 0.2) is 18.3 Å². The predicted molar refractivity (Wildman–Crippen MR) is 120 cm³/mol. The smallest absolute Gasteiger partial charge is 0.338 e. The van der Waals surface area contributed by atoms with E-state index in [1.807, 2.05) is 6.08 Å². The molecule has 4 N–H and O–H groups in total. The summed E-state index contributed by atoms with van der Waals surface area (Å²) in [4.78, 5) is 23.0. The molecule has 0 saturated carbocycles. The van der Waals surface area contributed by atoms with Crippen LogP contribution in [0.1, 0.15) is 103 Å². The van der Waals surface area contributed by atoms with Gasteiger partial charge in [-0.25, -0.2) is 4.79 Å². The normalized spacial score (nSPS) is 22.1. The first-order valence-electron chi connectivity index (χ1n) is 12.2. The second-order valence-corrected chi connectivity index (χ2v) is 8.58. The molecule has 7 nitrogen and oxygen atoms in total. The third kappa shape index (κ3) is 11.7. The minimum atomic E-state index is -1.73. The molecular formula is C24H43NO6. The maximum absolute atomic E-state index is 11.9. The molecule has 1 saturated heterocycles. The molecule has 1 aliphatic rings. The largest absolute Gasteiger partial charge is 0.454 e. The van der Waals surface area contributed by atoms with Gasteiger partial charge in [-0.15, -0.1) is 0 Å². The molecule has 0 radical (unpaired) electrons. The maximum Gasteiger partial charge on any atom is 0.338 e. The number of hydrogen-bond acceptors (Lipinski definition) is 6. The number of nitrogens with one attached hydrogen (secondary N) is 1. The first-order valence-corrected chi connectivity index (χ1v) is 12.2. The fraction of sp³-hybridized carbons (Fsp3) is 0.833. The molecule has 31 heavy (non-hydrogen) atoms. The van der Waals surface area contributed by atoms with Gasteiger partial charge in [-0.05, 0) is 19.0 Å². The highest BCUT2D eigenvalue weighted by molar-refractivity contribution is 5.84.